The molecule has 8 rings (SSSR count). The van der Waals surface area contributed by atoms with Crippen LogP contribution in [0.1, 0.15) is 11.6 Å². The van der Waals surface area contributed by atoms with Crippen LogP contribution in [-0.2, 0) is 0 Å². The number of hydrogen-bond acceptors (Lipinski definition) is 2. The molecular formula is C37H26N2. The minimum atomic E-state index is 0.156. The number of allylic oxidation sites excluding steroid dienone is 2. The third-order valence-corrected chi connectivity index (χ3v) is 8.15. The molecule has 2 aliphatic heterocycles. The Morgan fingerprint density at radius 2 is 1.18 bits per heavy atom. The molecule has 0 saturated heterocycles. The summed E-state index contributed by atoms with van der Waals surface area (Å²) in [7, 11) is 0. The van der Waals surface area contributed by atoms with E-state index in [-0.39, 0.29) is 6.04 Å². The van der Waals surface area contributed by atoms with E-state index >= 15 is 0 Å². The molecule has 0 radical (unpaired) electrons. The summed E-state index contributed by atoms with van der Waals surface area (Å²) in [5, 5.41) is 7.67. The molecule has 1 atom stereocenters. The topological polar surface area (TPSA) is 15.6 Å². The molecule has 0 aliphatic carbocycles. The van der Waals surface area contributed by atoms with E-state index in [2.05, 4.69) is 145 Å². The van der Waals surface area contributed by atoms with Gasteiger partial charge in [-0.05, 0) is 72.3 Å². The van der Waals surface area contributed by atoms with E-state index < -0.39 is 0 Å². The van der Waals surface area contributed by atoms with Gasteiger partial charge in [0.15, 0.2) is 0 Å². The van der Waals surface area contributed by atoms with Crippen LogP contribution in [0.3, 0.4) is 0 Å². The third kappa shape index (κ3) is 3.53. The Hall–Kier alpha value is -4.95. The maximum Gasteiger partial charge on any atom is 0.128 e. The van der Waals surface area contributed by atoms with Crippen LogP contribution in [0, 0.1) is 0 Å². The fourth-order valence-electron chi connectivity index (χ4n) is 6.35. The van der Waals surface area contributed by atoms with Crippen molar-refractivity contribution in [1.82, 2.24) is 4.90 Å². The van der Waals surface area contributed by atoms with E-state index in [0.29, 0.717) is 0 Å². The van der Waals surface area contributed by atoms with Gasteiger partial charge >= 0.3 is 0 Å². The fourth-order valence-corrected chi connectivity index (χ4v) is 6.35. The number of benzene rings is 6. The zero-order chi connectivity index (χ0) is 25.8. The first kappa shape index (κ1) is 22.1. The van der Waals surface area contributed by atoms with E-state index in [1.807, 2.05) is 0 Å². The lowest BCUT2D eigenvalue weighted by atomic mass is 9.84. The largest absolute Gasteiger partial charge is 0.331 e. The molecule has 0 amide bonds. The zero-order valence-electron chi connectivity index (χ0n) is 21.5. The van der Waals surface area contributed by atoms with Crippen LogP contribution in [0.25, 0.3) is 54.6 Å². The molecule has 2 heterocycles. The highest BCUT2D eigenvalue weighted by Gasteiger charge is 2.24. The Labute approximate surface area is 227 Å². The summed E-state index contributed by atoms with van der Waals surface area (Å²) in [5.41, 5.74) is 6.36. The SMILES string of the molecule is C1=CC2=NC(c3ccc(-c4c5ccccc5c(-c5cccc6ccccc56)c5ccccc45)cc3)CN2C=C1. The molecule has 2 aliphatic rings. The van der Waals surface area contributed by atoms with Gasteiger partial charge in [-0.15, -0.1) is 0 Å². The van der Waals surface area contributed by atoms with E-state index in [4.69, 9.17) is 4.99 Å². The van der Waals surface area contributed by atoms with Gasteiger partial charge in [0.05, 0.1) is 12.6 Å². The van der Waals surface area contributed by atoms with Gasteiger partial charge in [-0.1, -0.05) is 121 Å². The van der Waals surface area contributed by atoms with Gasteiger partial charge < -0.3 is 4.90 Å². The Morgan fingerprint density at radius 1 is 0.564 bits per heavy atom. The van der Waals surface area contributed by atoms with Crippen molar-refractivity contribution in [3.8, 4) is 22.3 Å². The Kier molecular flexibility index (Phi) is 4.99. The lowest BCUT2D eigenvalue weighted by Crippen LogP contribution is -2.21. The zero-order valence-corrected chi connectivity index (χ0v) is 21.5. The number of fused-ring (bicyclic) bond motifs is 4. The lowest BCUT2D eigenvalue weighted by Gasteiger charge is -2.19. The highest BCUT2D eigenvalue weighted by molar-refractivity contribution is 6.23. The second-order valence-electron chi connectivity index (χ2n) is 10.3. The van der Waals surface area contributed by atoms with Crippen LogP contribution in [0.4, 0.5) is 0 Å². The average Bonchev–Trinajstić information content (AvgIpc) is 3.44. The van der Waals surface area contributed by atoms with Crippen molar-refractivity contribution in [3.63, 3.8) is 0 Å². The van der Waals surface area contributed by atoms with Crippen LogP contribution in [0.15, 0.2) is 145 Å². The number of aliphatic imine (C=N–C) groups is 1. The monoisotopic (exact) mass is 498 g/mol. The molecule has 0 bridgehead atoms. The maximum atomic E-state index is 4.96. The first-order valence-electron chi connectivity index (χ1n) is 13.6. The van der Waals surface area contributed by atoms with Gasteiger partial charge in [-0.3, -0.25) is 4.99 Å². The van der Waals surface area contributed by atoms with Crippen LogP contribution in [0.5, 0.6) is 0 Å². The molecule has 184 valence electrons. The van der Waals surface area contributed by atoms with Crippen molar-refractivity contribution >= 4 is 38.2 Å². The summed E-state index contributed by atoms with van der Waals surface area (Å²) in [6.07, 6.45) is 8.33. The quantitative estimate of drug-likeness (QED) is 0.222. The summed E-state index contributed by atoms with van der Waals surface area (Å²) in [6.45, 7) is 0.890. The highest BCUT2D eigenvalue weighted by atomic mass is 15.2. The summed E-state index contributed by atoms with van der Waals surface area (Å²) in [4.78, 5) is 7.18. The molecule has 2 nitrogen and oxygen atoms in total. The molecule has 39 heavy (non-hydrogen) atoms. The number of nitrogens with zero attached hydrogens (tertiary/aromatic N) is 2. The van der Waals surface area contributed by atoms with Crippen LogP contribution < -0.4 is 0 Å². The molecule has 0 N–H and O–H groups in total. The smallest absolute Gasteiger partial charge is 0.128 e. The van der Waals surface area contributed by atoms with Crippen LogP contribution >= 0.6 is 0 Å². The summed E-state index contributed by atoms with van der Waals surface area (Å²) >= 11 is 0. The number of rotatable bonds is 3. The molecule has 0 spiro atoms. The number of amidine groups is 1. The summed E-state index contributed by atoms with van der Waals surface area (Å²) in [5.74, 6) is 1.05. The molecule has 0 saturated carbocycles. The van der Waals surface area contributed by atoms with Crippen molar-refractivity contribution in [3.05, 3.63) is 145 Å². The van der Waals surface area contributed by atoms with Gasteiger partial charge in [0.1, 0.15) is 5.84 Å². The minimum Gasteiger partial charge on any atom is -0.331 e. The normalized spacial score (nSPS) is 16.3. The molecule has 6 aromatic carbocycles. The van der Waals surface area contributed by atoms with E-state index in [1.165, 1.54) is 60.1 Å². The third-order valence-electron chi connectivity index (χ3n) is 8.15. The average molecular weight is 499 g/mol. The van der Waals surface area contributed by atoms with E-state index in [0.717, 1.165) is 12.4 Å². The van der Waals surface area contributed by atoms with Gasteiger partial charge in [0.2, 0.25) is 0 Å². The lowest BCUT2D eigenvalue weighted by molar-refractivity contribution is 0.550. The van der Waals surface area contributed by atoms with Gasteiger partial charge in [0, 0.05) is 6.20 Å². The molecule has 0 fully saturated rings. The Bertz CT molecular complexity index is 1930. The van der Waals surface area contributed by atoms with Crippen LogP contribution in [0.2, 0.25) is 0 Å². The second kappa shape index (κ2) is 8.82. The second-order valence-corrected chi connectivity index (χ2v) is 10.3. The molecule has 0 aromatic heterocycles. The molecule has 1 unspecified atom stereocenters. The standard InChI is InChI=1S/C37H26N2/c1-2-12-28-25(10-1)11-9-17-29(28)37-32-15-5-3-13-30(32)36(31-14-4-6-16-33(31)37)27-21-19-26(20-22-27)34-24-39-23-8-7-18-35(39)38-34/h1-23,34H,24H2. The predicted octanol–water partition coefficient (Wildman–Crippen LogP) is 9.32. The first-order chi connectivity index (χ1) is 19.3. The minimum absolute atomic E-state index is 0.156. The van der Waals surface area contributed by atoms with E-state index in [1.54, 1.807) is 0 Å². The van der Waals surface area contributed by atoms with Crippen molar-refractivity contribution in [1.29, 1.82) is 0 Å². The van der Waals surface area contributed by atoms with Gasteiger partial charge in [0.25, 0.3) is 0 Å². The Balaban J connectivity index is 1.33. The van der Waals surface area contributed by atoms with Crippen molar-refractivity contribution in [2.75, 3.05) is 6.54 Å². The molecular weight excluding hydrogens is 472 g/mol. The molecule has 2 heteroatoms. The first-order valence-corrected chi connectivity index (χ1v) is 13.6. The number of hydrogen-bond donors (Lipinski definition) is 0. The van der Waals surface area contributed by atoms with E-state index in [9.17, 15) is 0 Å². The summed E-state index contributed by atoms with van der Waals surface area (Å²) < 4.78 is 0. The van der Waals surface area contributed by atoms with Crippen LogP contribution in [-0.4, -0.2) is 17.3 Å². The predicted molar refractivity (Wildman–Crippen MR) is 165 cm³/mol. The van der Waals surface area contributed by atoms with Gasteiger partial charge in [-0.25, -0.2) is 0 Å². The molecule has 6 aromatic rings. The van der Waals surface area contributed by atoms with Crippen molar-refractivity contribution < 1.29 is 0 Å². The Morgan fingerprint density at radius 3 is 1.87 bits per heavy atom. The highest BCUT2D eigenvalue weighted by Crippen LogP contribution is 2.45. The van der Waals surface area contributed by atoms with Gasteiger partial charge in [-0.2, -0.15) is 0 Å². The fraction of sp³-hybridized carbons (Fsp3) is 0.0541. The summed E-state index contributed by atoms with van der Waals surface area (Å²) in [6, 6.07) is 42.4. The van der Waals surface area contributed by atoms with Crippen molar-refractivity contribution in [2.24, 2.45) is 4.99 Å². The maximum absolute atomic E-state index is 4.96. The van der Waals surface area contributed by atoms with Crippen molar-refractivity contribution in [2.45, 2.75) is 6.04 Å².